The van der Waals surface area contributed by atoms with E-state index in [0.29, 0.717) is 23.8 Å². The molecule has 0 radical (unpaired) electrons. The summed E-state index contributed by atoms with van der Waals surface area (Å²) >= 11 is 0. The number of nitrogen functional groups attached to an aromatic ring is 1. The summed E-state index contributed by atoms with van der Waals surface area (Å²) in [6, 6.07) is 15.1. The Kier molecular flexibility index (Phi) is 4.82. The molecular formula is C17H20N2O2. The maximum Gasteiger partial charge on any atom is 0.337 e. The fourth-order valence-electron chi connectivity index (χ4n) is 2.27. The van der Waals surface area contributed by atoms with Crippen LogP contribution in [-0.4, -0.2) is 17.6 Å². The molecule has 0 saturated heterocycles. The molecule has 0 aromatic heterocycles. The number of hydrogen-bond donors (Lipinski definition) is 3. The number of aromatic carboxylic acids is 1. The van der Waals surface area contributed by atoms with Crippen LogP contribution < -0.4 is 11.1 Å². The Labute approximate surface area is 124 Å². The second-order valence-corrected chi connectivity index (χ2v) is 5.14. The first-order chi connectivity index (χ1) is 10.1. The van der Waals surface area contributed by atoms with Crippen LogP contribution in [0.5, 0.6) is 0 Å². The summed E-state index contributed by atoms with van der Waals surface area (Å²) in [4.78, 5) is 11.2. The van der Waals surface area contributed by atoms with Gasteiger partial charge in [-0.3, -0.25) is 0 Å². The molecule has 21 heavy (non-hydrogen) atoms. The highest BCUT2D eigenvalue weighted by atomic mass is 16.4. The van der Waals surface area contributed by atoms with E-state index in [1.54, 1.807) is 12.1 Å². The fourth-order valence-corrected chi connectivity index (χ4v) is 2.27. The van der Waals surface area contributed by atoms with Crippen molar-refractivity contribution in [1.29, 1.82) is 0 Å². The monoisotopic (exact) mass is 284 g/mol. The van der Waals surface area contributed by atoms with E-state index in [9.17, 15) is 4.79 Å². The molecule has 2 aromatic rings. The number of hydrogen-bond acceptors (Lipinski definition) is 3. The van der Waals surface area contributed by atoms with E-state index in [2.05, 4.69) is 24.4 Å². The van der Waals surface area contributed by atoms with E-state index in [1.165, 1.54) is 11.6 Å². The molecule has 0 amide bonds. The molecule has 4 N–H and O–H groups in total. The van der Waals surface area contributed by atoms with Crippen LogP contribution in [0.4, 0.5) is 11.4 Å². The van der Waals surface area contributed by atoms with Crippen molar-refractivity contribution < 1.29 is 9.90 Å². The molecule has 0 aliphatic rings. The van der Waals surface area contributed by atoms with Crippen molar-refractivity contribution in [3.63, 3.8) is 0 Å². The van der Waals surface area contributed by atoms with Crippen molar-refractivity contribution in [2.75, 3.05) is 17.6 Å². The van der Waals surface area contributed by atoms with E-state index in [-0.39, 0.29) is 5.56 Å². The average Bonchev–Trinajstić information content (AvgIpc) is 2.48. The highest BCUT2D eigenvalue weighted by Crippen LogP contribution is 2.22. The number of carboxylic acid groups (broad SMARTS) is 1. The lowest BCUT2D eigenvalue weighted by Crippen LogP contribution is -2.10. The van der Waals surface area contributed by atoms with Crippen LogP contribution in [0.1, 0.15) is 35.2 Å². The number of nitrogens with two attached hydrogens (primary N) is 1. The Bertz CT molecular complexity index is 611. The van der Waals surface area contributed by atoms with Gasteiger partial charge in [0.2, 0.25) is 0 Å². The normalized spacial score (nSPS) is 11.9. The minimum Gasteiger partial charge on any atom is -0.478 e. The van der Waals surface area contributed by atoms with Crippen LogP contribution >= 0.6 is 0 Å². The highest BCUT2D eigenvalue weighted by molar-refractivity contribution is 5.95. The fraction of sp³-hybridized carbons (Fsp3) is 0.235. The molecule has 0 aliphatic heterocycles. The average molecular weight is 284 g/mol. The van der Waals surface area contributed by atoms with Gasteiger partial charge in [-0.15, -0.1) is 0 Å². The van der Waals surface area contributed by atoms with Crippen molar-refractivity contribution in [2.45, 2.75) is 19.3 Å². The molecule has 4 nitrogen and oxygen atoms in total. The molecule has 1 atom stereocenters. The third-order valence-electron chi connectivity index (χ3n) is 3.54. The van der Waals surface area contributed by atoms with Gasteiger partial charge in [0.25, 0.3) is 0 Å². The van der Waals surface area contributed by atoms with E-state index < -0.39 is 5.97 Å². The van der Waals surface area contributed by atoms with Crippen LogP contribution in [0.3, 0.4) is 0 Å². The van der Waals surface area contributed by atoms with E-state index in [4.69, 9.17) is 10.8 Å². The predicted molar refractivity (Wildman–Crippen MR) is 85.8 cm³/mol. The molecular weight excluding hydrogens is 264 g/mol. The van der Waals surface area contributed by atoms with Gasteiger partial charge in [-0.25, -0.2) is 4.79 Å². The number of carboxylic acids is 1. The number of carbonyl (C=O) groups is 1. The molecule has 4 heteroatoms. The third kappa shape index (κ3) is 3.99. The van der Waals surface area contributed by atoms with Crippen LogP contribution in [-0.2, 0) is 0 Å². The van der Waals surface area contributed by atoms with Crippen molar-refractivity contribution in [1.82, 2.24) is 0 Å². The zero-order chi connectivity index (χ0) is 15.2. The minimum atomic E-state index is -0.950. The van der Waals surface area contributed by atoms with Crippen molar-refractivity contribution in [2.24, 2.45) is 0 Å². The highest BCUT2D eigenvalue weighted by Gasteiger charge is 2.10. The summed E-state index contributed by atoms with van der Waals surface area (Å²) in [7, 11) is 0. The lowest BCUT2D eigenvalue weighted by Gasteiger charge is -2.14. The van der Waals surface area contributed by atoms with E-state index in [0.717, 1.165) is 6.42 Å². The van der Waals surface area contributed by atoms with Gasteiger partial charge in [0.05, 0.1) is 11.3 Å². The van der Waals surface area contributed by atoms with Gasteiger partial charge >= 0.3 is 5.97 Å². The Balaban J connectivity index is 1.97. The molecule has 0 aliphatic carbocycles. The quantitative estimate of drug-likeness (QED) is 0.709. The van der Waals surface area contributed by atoms with Gasteiger partial charge in [-0.1, -0.05) is 37.3 Å². The molecule has 2 aromatic carbocycles. The van der Waals surface area contributed by atoms with Gasteiger partial charge in [0, 0.05) is 12.2 Å². The molecule has 0 heterocycles. The summed E-state index contributed by atoms with van der Waals surface area (Å²) in [5.74, 6) is -0.540. The molecule has 110 valence electrons. The van der Waals surface area contributed by atoms with Gasteiger partial charge in [-0.05, 0) is 36.1 Å². The number of anilines is 2. The van der Waals surface area contributed by atoms with Crippen molar-refractivity contribution in [3.8, 4) is 0 Å². The van der Waals surface area contributed by atoms with Crippen molar-refractivity contribution in [3.05, 3.63) is 59.7 Å². The van der Waals surface area contributed by atoms with Gasteiger partial charge < -0.3 is 16.2 Å². The minimum absolute atomic E-state index is 0.247. The van der Waals surface area contributed by atoms with Gasteiger partial charge in [-0.2, -0.15) is 0 Å². The Hall–Kier alpha value is -2.49. The van der Waals surface area contributed by atoms with E-state index >= 15 is 0 Å². The maximum absolute atomic E-state index is 11.2. The lowest BCUT2D eigenvalue weighted by molar-refractivity contribution is 0.0698. The topological polar surface area (TPSA) is 75.3 Å². The summed E-state index contributed by atoms with van der Waals surface area (Å²) in [6.45, 7) is 2.86. The second kappa shape index (κ2) is 6.79. The molecule has 0 spiro atoms. The smallest absolute Gasteiger partial charge is 0.337 e. The first-order valence-electron chi connectivity index (χ1n) is 6.99. The van der Waals surface area contributed by atoms with Crippen LogP contribution in [0.15, 0.2) is 48.5 Å². The van der Waals surface area contributed by atoms with E-state index in [1.807, 2.05) is 18.2 Å². The first-order valence-corrected chi connectivity index (χ1v) is 6.99. The SMILES string of the molecule is CC(CCNc1cc(N)ccc1C(=O)O)c1ccccc1. The number of benzene rings is 2. The summed E-state index contributed by atoms with van der Waals surface area (Å²) in [6.07, 6.45) is 0.915. The van der Waals surface area contributed by atoms with Crippen molar-refractivity contribution >= 4 is 17.3 Å². The molecule has 0 bridgehead atoms. The maximum atomic E-state index is 11.2. The lowest BCUT2D eigenvalue weighted by atomic mass is 9.98. The first kappa shape index (κ1) is 14.9. The third-order valence-corrected chi connectivity index (χ3v) is 3.54. The zero-order valence-corrected chi connectivity index (χ0v) is 12.0. The second-order valence-electron chi connectivity index (χ2n) is 5.14. The summed E-state index contributed by atoms with van der Waals surface area (Å²) < 4.78 is 0. The van der Waals surface area contributed by atoms with Gasteiger partial charge in [0.15, 0.2) is 0 Å². The Morgan fingerprint density at radius 2 is 1.95 bits per heavy atom. The van der Waals surface area contributed by atoms with Gasteiger partial charge in [0.1, 0.15) is 0 Å². The Morgan fingerprint density at radius 1 is 1.24 bits per heavy atom. The molecule has 0 fully saturated rings. The molecule has 2 rings (SSSR count). The largest absolute Gasteiger partial charge is 0.478 e. The standard InChI is InChI=1S/C17H20N2O2/c1-12(13-5-3-2-4-6-13)9-10-19-16-11-14(18)7-8-15(16)17(20)21/h2-8,11-12,19H,9-10,18H2,1H3,(H,20,21). The number of nitrogens with one attached hydrogen (secondary N) is 1. The predicted octanol–water partition coefficient (Wildman–Crippen LogP) is 3.57. The van der Waals surface area contributed by atoms with Crippen LogP contribution in [0.25, 0.3) is 0 Å². The molecule has 1 unspecified atom stereocenters. The number of rotatable bonds is 6. The summed E-state index contributed by atoms with van der Waals surface area (Å²) in [5, 5.41) is 12.3. The van der Waals surface area contributed by atoms with Crippen LogP contribution in [0, 0.1) is 0 Å². The Morgan fingerprint density at radius 3 is 2.62 bits per heavy atom. The van der Waals surface area contributed by atoms with Crippen LogP contribution in [0.2, 0.25) is 0 Å². The molecule has 0 saturated carbocycles. The summed E-state index contributed by atoms with van der Waals surface area (Å²) in [5.41, 5.74) is 8.37. The zero-order valence-electron chi connectivity index (χ0n) is 12.0.